The van der Waals surface area contributed by atoms with Crippen LogP contribution >= 0.6 is 0 Å². The minimum absolute atomic E-state index is 0.00162. The van der Waals surface area contributed by atoms with Crippen LogP contribution in [-0.4, -0.2) is 51.8 Å². The number of nitrogens with one attached hydrogen (secondary N) is 2. The van der Waals surface area contributed by atoms with Gasteiger partial charge in [0.1, 0.15) is 25.3 Å². The number of aromatic nitrogens is 2. The highest BCUT2D eigenvalue weighted by atomic mass is 19.1. The first-order chi connectivity index (χ1) is 20.6. The van der Waals surface area contributed by atoms with E-state index in [-0.39, 0.29) is 62.3 Å². The van der Waals surface area contributed by atoms with E-state index >= 15 is 0 Å². The maximum absolute atomic E-state index is 14.7. The zero-order valence-corrected chi connectivity index (χ0v) is 23.8. The molecule has 0 unspecified atom stereocenters. The van der Waals surface area contributed by atoms with Gasteiger partial charge >= 0.3 is 5.97 Å². The quantitative estimate of drug-likeness (QED) is 0.163. The number of cyclic esters (lactones) is 1. The first-order valence-corrected chi connectivity index (χ1v) is 14.2. The van der Waals surface area contributed by atoms with Crippen molar-refractivity contribution in [3.05, 3.63) is 62.2 Å². The average molecular weight is 594 g/mol. The number of benzene rings is 1. The lowest BCUT2D eigenvalue weighted by Gasteiger charge is -2.31. The molecule has 1 aliphatic carbocycles. The first kappa shape index (κ1) is 28.9. The number of fused-ring (bicyclic) bond motifs is 5. The maximum Gasteiger partial charge on any atom is 0.343 e. The van der Waals surface area contributed by atoms with E-state index in [0.29, 0.717) is 39.0 Å². The second kappa shape index (κ2) is 10.8. The van der Waals surface area contributed by atoms with Crippen LogP contribution in [0.4, 0.5) is 4.39 Å². The fourth-order valence-corrected chi connectivity index (χ4v) is 5.88. The summed E-state index contributed by atoms with van der Waals surface area (Å²) in [5.41, 5.74) is 6.08. The van der Waals surface area contributed by atoms with Crippen LogP contribution < -0.4 is 21.9 Å². The number of pyridine rings is 2. The monoisotopic (exact) mass is 593 g/mol. The fraction of sp³-hybridized carbons (Fsp3) is 0.433. The number of esters is 1. The number of halogens is 1. The van der Waals surface area contributed by atoms with Gasteiger partial charge in [-0.15, -0.1) is 0 Å². The van der Waals surface area contributed by atoms with Gasteiger partial charge in [0, 0.05) is 29.1 Å². The van der Waals surface area contributed by atoms with E-state index in [1.165, 1.54) is 10.6 Å². The molecule has 4 heterocycles. The van der Waals surface area contributed by atoms with Crippen molar-refractivity contribution in [1.82, 2.24) is 20.2 Å². The van der Waals surface area contributed by atoms with Crippen molar-refractivity contribution in [2.75, 3.05) is 13.3 Å². The lowest BCUT2D eigenvalue weighted by Crippen LogP contribution is -2.44. The number of rotatable bonds is 9. The van der Waals surface area contributed by atoms with Crippen molar-refractivity contribution < 1.29 is 33.4 Å². The zero-order chi connectivity index (χ0) is 30.6. The van der Waals surface area contributed by atoms with E-state index in [2.05, 4.69) is 10.6 Å². The molecule has 12 nitrogen and oxygen atoms in total. The minimum Gasteiger partial charge on any atom is -0.458 e. The van der Waals surface area contributed by atoms with Gasteiger partial charge in [0.25, 0.3) is 5.56 Å². The second-order valence-electron chi connectivity index (χ2n) is 11.2. The molecule has 1 fully saturated rings. The lowest BCUT2D eigenvalue weighted by atomic mass is 9.86. The molecule has 0 bridgehead atoms. The fourth-order valence-electron chi connectivity index (χ4n) is 5.88. The Morgan fingerprint density at radius 1 is 1.26 bits per heavy atom. The number of nitrogens with two attached hydrogens (primary N) is 1. The van der Waals surface area contributed by atoms with Crippen LogP contribution in [0.2, 0.25) is 0 Å². The number of carbonyl (C=O) groups excluding carboxylic acids is 3. The third-order valence-corrected chi connectivity index (χ3v) is 8.55. The molecule has 2 aliphatic heterocycles. The molecule has 1 saturated carbocycles. The third-order valence-electron chi connectivity index (χ3n) is 8.55. The number of hydrogen-bond donors (Lipinski definition) is 4. The van der Waals surface area contributed by atoms with Crippen LogP contribution in [0.25, 0.3) is 22.3 Å². The van der Waals surface area contributed by atoms with Crippen molar-refractivity contribution in [3.8, 4) is 11.4 Å². The van der Waals surface area contributed by atoms with Gasteiger partial charge in [-0.25, -0.2) is 14.2 Å². The molecule has 0 saturated heterocycles. The second-order valence-corrected chi connectivity index (χ2v) is 11.2. The Morgan fingerprint density at radius 2 is 2.02 bits per heavy atom. The topological polar surface area (TPSA) is 175 Å². The molecule has 2 atom stereocenters. The molecular weight excluding hydrogens is 561 g/mol. The highest BCUT2D eigenvalue weighted by molar-refractivity contribution is 5.90. The molecule has 5 N–H and O–H groups in total. The SMILES string of the molecule is CC[C@@]1(O)C(=O)OCc2c1cc1n(c2=O)Cc2c-1nc1cc(F)c(C)cc1c2CNC(=O)[C@H](OCNC(=O)CN)C1CC1. The van der Waals surface area contributed by atoms with Crippen molar-refractivity contribution in [2.24, 2.45) is 11.7 Å². The molecule has 13 heteroatoms. The molecule has 3 aliphatic rings. The lowest BCUT2D eigenvalue weighted by molar-refractivity contribution is -0.172. The van der Waals surface area contributed by atoms with Gasteiger partial charge in [-0.2, -0.15) is 0 Å². The Labute approximate surface area is 245 Å². The Hall–Kier alpha value is -4.20. The van der Waals surface area contributed by atoms with Crippen LogP contribution in [0.1, 0.15) is 54.0 Å². The van der Waals surface area contributed by atoms with Crippen molar-refractivity contribution in [3.63, 3.8) is 0 Å². The van der Waals surface area contributed by atoms with Gasteiger partial charge < -0.3 is 35.5 Å². The molecule has 2 amide bonds. The summed E-state index contributed by atoms with van der Waals surface area (Å²) in [4.78, 5) is 55.7. The van der Waals surface area contributed by atoms with Crippen LogP contribution in [0.15, 0.2) is 23.0 Å². The average Bonchev–Trinajstić information content (AvgIpc) is 3.77. The third kappa shape index (κ3) is 4.86. The van der Waals surface area contributed by atoms with E-state index in [0.717, 1.165) is 12.8 Å². The van der Waals surface area contributed by atoms with Gasteiger partial charge in [-0.3, -0.25) is 14.4 Å². The van der Waals surface area contributed by atoms with Crippen LogP contribution in [-0.2, 0) is 49.2 Å². The molecule has 6 rings (SSSR count). The number of carbonyl (C=O) groups is 3. The number of amides is 2. The number of aryl methyl sites for hydroxylation is 1. The predicted octanol–water partition coefficient (Wildman–Crippen LogP) is 0.971. The summed E-state index contributed by atoms with van der Waals surface area (Å²) in [6.45, 7) is 2.80. The molecule has 1 aromatic carbocycles. The van der Waals surface area contributed by atoms with Crippen molar-refractivity contribution in [2.45, 2.75) is 64.5 Å². The number of aliphatic hydroxyl groups is 1. The van der Waals surface area contributed by atoms with Crippen molar-refractivity contribution in [1.29, 1.82) is 0 Å². The van der Waals surface area contributed by atoms with Crippen molar-refractivity contribution >= 4 is 28.7 Å². The summed E-state index contributed by atoms with van der Waals surface area (Å²) in [5, 5.41) is 17.2. The number of nitrogens with zero attached hydrogens (tertiary/aromatic N) is 2. The summed E-state index contributed by atoms with van der Waals surface area (Å²) < 4.78 is 27.1. The van der Waals surface area contributed by atoms with E-state index in [1.807, 2.05) is 0 Å². The minimum atomic E-state index is -1.98. The predicted molar refractivity (Wildman–Crippen MR) is 151 cm³/mol. The van der Waals surface area contributed by atoms with Gasteiger partial charge in [0.15, 0.2) is 5.60 Å². The number of hydrogen-bond acceptors (Lipinski definition) is 9. The normalized spacial score (nSPS) is 19.3. The molecule has 226 valence electrons. The van der Waals surface area contributed by atoms with E-state index < -0.39 is 35.0 Å². The van der Waals surface area contributed by atoms with Gasteiger partial charge in [0.05, 0.1) is 35.6 Å². The smallest absolute Gasteiger partial charge is 0.343 e. The van der Waals surface area contributed by atoms with Gasteiger partial charge in [0.2, 0.25) is 11.8 Å². The zero-order valence-electron chi connectivity index (χ0n) is 23.8. The largest absolute Gasteiger partial charge is 0.458 e. The van der Waals surface area contributed by atoms with Crippen LogP contribution in [0, 0.1) is 18.7 Å². The molecule has 43 heavy (non-hydrogen) atoms. The Bertz CT molecular complexity index is 1750. The summed E-state index contributed by atoms with van der Waals surface area (Å²) in [6.07, 6.45) is 0.846. The summed E-state index contributed by atoms with van der Waals surface area (Å²) in [6, 6.07) is 4.56. The van der Waals surface area contributed by atoms with E-state index in [4.69, 9.17) is 20.2 Å². The molecule has 0 spiro atoms. The van der Waals surface area contributed by atoms with E-state index in [1.54, 1.807) is 26.0 Å². The van der Waals surface area contributed by atoms with Crippen LogP contribution in [0.3, 0.4) is 0 Å². The Kier molecular flexibility index (Phi) is 7.27. The molecule has 2 aromatic heterocycles. The summed E-state index contributed by atoms with van der Waals surface area (Å²) in [5.74, 6) is -2.04. The Morgan fingerprint density at radius 3 is 2.72 bits per heavy atom. The highest BCUT2D eigenvalue weighted by Gasteiger charge is 2.45. The van der Waals surface area contributed by atoms with Crippen LogP contribution in [0.5, 0.6) is 0 Å². The molecule has 3 aromatic rings. The summed E-state index contributed by atoms with van der Waals surface area (Å²) in [7, 11) is 0. The Balaban J connectivity index is 1.40. The van der Waals surface area contributed by atoms with Gasteiger partial charge in [-0.05, 0) is 55.4 Å². The molecule has 0 radical (unpaired) electrons. The van der Waals surface area contributed by atoms with E-state index in [9.17, 15) is 28.7 Å². The standard InChI is InChI=1S/C30H32FN5O7/c1-3-30(41)20-7-23-25-18(11-36(23)28(39)19(20)12-42-29(30)40)17(16-6-14(2)21(31)8-22(16)35-25)10-33-27(38)26(15-4-5-15)43-13-34-24(37)9-32/h6-8,15,26,41H,3-5,9-13,32H2,1-2H3,(H,33,38)(H,34,37)/t26-,30+/m1/s1. The van der Waals surface area contributed by atoms with Gasteiger partial charge in [-0.1, -0.05) is 6.92 Å². The summed E-state index contributed by atoms with van der Waals surface area (Å²) >= 11 is 0. The highest BCUT2D eigenvalue weighted by Crippen LogP contribution is 2.41. The first-order valence-electron chi connectivity index (χ1n) is 14.2. The maximum atomic E-state index is 14.7. The number of ether oxygens (including phenoxy) is 2. The molecular formula is C30H32FN5O7.